The van der Waals surface area contributed by atoms with Crippen molar-refractivity contribution in [2.45, 2.75) is 39.0 Å². The van der Waals surface area contributed by atoms with Gasteiger partial charge in [-0.05, 0) is 30.8 Å². The third-order valence-electron chi connectivity index (χ3n) is 2.87. The van der Waals surface area contributed by atoms with Crippen LogP contribution in [0.5, 0.6) is 5.75 Å². The molecule has 4 nitrogen and oxygen atoms in total. The fourth-order valence-corrected chi connectivity index (χ4v) is 1.88. The minimum absolute atomic E-state index is 0.202. The van der Waals surface area contributed by atoms with Gasteiger partial charge in [0.2, 0.25) is 0 Å². The van der Waals surface area contributed by atoms with E-state index in [4.69, 9.17) is 12.2 Å². The number of hydrogen-bond donors (Lipinski definition) is 3. The van der Waals surface area contributed by atoms with Crippen LogP contribution in [0.3, 0.4) is 0 Å². The highest BCUT2D eigenvalue weighted by atomic mass is 32.1. The molecule has 0 saturated heterocycles. The number of nitrogens with zero attached hydrogens (tertiary/aromatic N) is 1. The molecule has 0 spiro atoms. The van der Waals surface area contributed by atoms with Crippen LogP contribution in [0.4, 0.5) is 0 Å². The Morgan fingerprint density at radius 2 is 2.00 bits per heavy atom. The molecular formula is C15H23N3OS. The van der Waals surface area contributed by atoms with Gasteiger partial charge in [-0.25, -0.2) is 0 Å². The van der Waals surface area contributed by atoms with Crippen LogP contribution >= 0.6 is 12.2 Å². The van der Waals surface area contributed by atoms with Gasteiger partial charge in [0.25, 0.3) is 0 Å². The number of nitrogens with one attached hydrogen (secondary N) is 2. The molecule has 1 aromatic carbocycles. The molecule has 0 aliphatic carbocycles. The Morgan fingerprint density at radius 3 is 2.75 bits per heavy atom. The van der Waals surface area contributed by atoms with E-state index in [9.17, 15) is 5.11 Å². The number of para-hydroxylation sites is 1. The van der Waals surface area contributed by atoms with Crippen molar-refractivity contribution < 1.29 is 5.11 Å². The van der Waals surface area contributed by atoms with Crippen LogP contribution in [0.25, 0.3) is 0 Å². The van der Waals surface area contributed by atoms with Gasteiger partial charge in [0.05, 0.1) is 6.21 Å². The SMILES string of the molecule is CCCCCCCNC(=S)N/N=C/c1ccccc1O. The molecule has 0 atom stereocenters. The maximum Gasteiger partial charge on any atom is 0.186 e. The topological polar surface area (TPSA) is 56.7 Å². The van der Waals surface area contributed by atoms with Crippen LogP contribution in [-0.2, 0) is 0 Å². The third-order valence-corrected chi connectivity index (χ3v) is 3.11. The van der Waals surface area contributed by atoms with E-state index in [0.717, 1.165) is 13.0 Å². The molecule has 1 aromatic rings. The molecule has 0 unspecified atom stereocenters. The third kappa shape index (κ3) is 7.09. The van der Waals surface area contributed by atoms with E-state index in [0.29, 0.717) is 10.7 Å². The molecule has 110 valence electrons. The van der Waals surface area contributed by atoms with Crippen LogP contribution in [0.1, 0.15) is 44.6 Å². The largest absolute Gasteiger partial charge is 0.507 e. The Bertz CT molecular complexity index is 435. The summed E-state index contributed by atoms with van der Waals surface area (Å²) in [4.78, 5) is 0. The van der Waals surface area contributed by atoms with Crippen molar-refractivity contribution in [1.29, 1.82) is 0 Å². The summed E-state index contributed by atoms with van der Waals surface area (Å²) in [5.41, 5.74) is 3.39. The summed E-state index contributed by atoms with van der Waals surface area (Å²) in [6.45, 7) is 3.07. The lowest BCUT2D eigenvalue weighted by molar-refractivity contribution is 0.474. The molecule has 1 rings (SSSR count). The van der Waals surface area contributed by atoms with Crippen LogP contribution < -0.4 is 10.7 Å². The lowest BCUT2D eigenvalue weighted by atomic mass is 10.1. The zero-order valence-electron chi connectivity index (χ0n) is 11.9. The first-order valence-electron chi connectivity index (χ1n) is 7.09. The van der Waals surface area contributed by atoms with Crippen LogP contribution in [0, 0.1) is 0 Å². The number of phenolic OH excluding ortho intramolecular Hbond substituents is 1. The maximum atomic E-state index is 9.55. The van der Waals surface area contributed by atoms with Gasteiger partial charge in [0.15, 0.2) is 5.11 Å². The van der Waals surface area contributed by atoms with E-state index in [1.54, 1.807) is 24.4 Å². The molecule has 3 N–H and O–H groups in total. The minimum atomic E-state index is 0.202. The van der Waals surface area contributed by atoms with E-state index in [2.05, 4.69) is 22.8 Å². The molecule has 0 amide bonds. The number of benzene rings is 1. The standard InChI is InChI=1S/C15H23N3OS/c1-2-3-4-5-8-11-16-15(20)18-17-12-13-9-6-7-10-14(13)19/h6-7,9-10,12,19H,2-5,8,11H2,1H3,(H2,16,18,20)/b17-12+. The van der Waals surface area contributed by atoms with Crippen molar-refractivity contribution in [2.24, 2.45) is 5.10 Å². The molecule has 0 aliphatic heterocycles. The first kappa shape index (κ1) is 16.4. The van der Waals surface area contributed by atoms with Crippen molar-refractivity contribution in [3.63, 3.8) is 0 Å². The second-order valence-corrected chi connectivity index (χ2v) is 5.01. The Morgan fingerprint density at radius 1 is 1.25 bits per heavy atom. The van der Waals surface area contributed by atoms with Gasteiger partial charge in [0, 0.05) is 12.1 Å². The van der Waals surface area contributed by atoms with Gasteiger partial charge in [-0.1, -0.05) is 44.7 Å². The number of hydrogen-bond acceptors (Lipinski definition) is 3. The number of rotatable bonds is 8. The lowest BCUT2D eigenvalue weighted by Gasteiger charge is -2.06. The van der Waals surface area contributed by atoms with Gasteiger partial charge in [-0.15, -0.1) is 0 Å². The number of hydrazone groups is 1. The number of thiocarbonyl (C=S) groups is 1. The van der Waals surface area contributed by atoms with E-state index in [1.165, 1.54) is 25.7 Å². The van der Waals surface area contributed by atoms with Crippen molar-refractivity contribution in [3.8, 4) is 5.75 Å². The van der Waals surface area contributed by atoms with Gasteiger partial charge in [0.1, 0.15) is 5.75 Å². The van der Waals surface area contributed by atoms with Gasteiger partial charge >= 0.3 is 0 Å². The summed E-state index contributed by atoms with van der Waals surface area (Å²) in [5.74, 6) is 0.202. The highest BCUT2D eigenvalue weighted by Crippen LogP contribution is 2.12. The van der Waals surface area contributed by atoms with Crippen LogP contribution in [0.2, 0.25) is 0 Å². The molecule has 0 saturated carbocycles. The number of phenols is 1. The summed E-state index contributed by atoms with van der Waals surface area (Å²) in [7, 11) is 0. The fraction of sp³-hybridized carbons (Fsp3) is 0.467. The quantitative estimate of drug-likeness (QED) is 0.298. The van der Waals surface area contributed by atoms with Crippen molar-refractivity contribution >= 4 is 23.5 Å². The summed E-state index contributed by atoms with van der Waals surface area (Å²) < 4.78 is 0. The summed E-state index contributed by atoms with van der Waals surface area (Å²) in [6.07, 6.45) is 7.73. The van der Waals surface area contributed by atoms with E-state index in [-0.39, 0.29) is 5.75 Å². The number of aromatic hydroxyl groups is 1. The van der Waals surface area contributed by atoms with Gasteiger partial charge < -0.3 is 10.4 Å². The van der Waals surface area contributed by atoms with Crippen LogP contribution in [0.15, 0.2) is 29.4 Å². The first-order chi connectivity index (χ1) is 9.74. The Labute approximate surface area is 126 Å². The Balaban J connectivity index is 2.15. The summed E-state index contributed by atoms with van der Waals surface area (Å²) in [6, 6.07) is 7.01. The van der Waals surface area contributed by atoms with Crippen molar-refractivity contribution in [2.75, 3.05) is 6.54 Å². The fourth-order valence-electron chi connectivity index (χ4n) is 1.73. The molecule has 0 aliphatic rings. The number of unbranched alkanes of at least 4 members (excludes halogenated alkanes) is 4. The molecule has 20 heavy (non-hydrogen) atoms. The first-order valence-corrected chi connectivity index (χ1v) is 7.49. The molecular weight excluding hydrogens is 270 g/mol. The summed E-state index contributed by atoms with van der Waals surface area (Å²) >= 11 is 5.10. The van der Waals surface area contributed by atoms with E-state index in [1.807, 2.05) is 6.07 Å². The zero-order chi connectivity index (χ0) is 14.6. The predicted molar refractivity (Wildman–Crippen MR) is 88.2 cm³/mol. The van der Waals surface area contributed by atoms with Gasteiger partial charge in [-0.2, -0.15) is 5.10 Å². The minimum Gasteiger partial charge on any atom is -0.507 e. The average molecular weight is 293 g/mol. The zero-order valence-corrected chi connectivity index (χ0v) is 12.7. The second-order valence-electron chi connectivity index (χ2n) is 4.60. The van der Waals surface area contributed by atoms with Gasteiger partial charge in [-0.3, -0.25) is 5.43 Å². The highest BCUT2D eigenvalue weighted by Gasteiger charge is 1.96. The highest BCUT2D eigenvalue weighted by molar-refractivity contribution is 7.80. The molecule has 0 heterocycles. The van der Waals surface area contributed by atoms with E-state index < -0.39 is 0 Å². The average Bonchev–Trinajstić information content (AvgIpc) is 2.45. The van der Waals surface area contributed by atoms with Crippen molar-refractivity contribution in [1.82, 2.24) is 10.7 Å². The molecule has 0 bridgehead atoms. The monoisotopic (exact) mass is 293 g/mol. The normalized spacial score (nSPS) is 10.7. The summed E-state index contributed by atoms with van der Waals surface area (Å²) in [5, 5.41) is 17.2. The Hall–Kier alpha value is -1.62. The molecule has 0 fully saturated rings. The predicted octanol–water partition coefficient (Wildman–Crippen LogP) is 3.16. The molecule has 0 aromatic heterocycles. The molecule has 0 radical (unpaired) electrons. The van der Waals surface area contributed by atoms with Crippen LogP contribution in [-0.4, -0.2) is 23.0 Å². The smallest absolute Gasteiger partial charge is 0.186 e. The second kappa shape index (κ2) is 10.2. The lowest BCUT2D eigenvalue weighted by Crippen LogP contribution is -2.32. The van der Waals surface area contributed by atoms with E-state index >= 15 is 0 Å². The Kier molecular flexibility index (Phi) is 8.38. The van der Waals surface area contributed by atoms with Crippen molar-refractivity contribution in [3.05, 3.63) is 29.8 Å². The molecule has 5 heteroatoms. The maximum absolute atomic E-state index is 9.55.